The Bertz CT molecular complexity index is 881. The number of carbonyl (C=O) groups excluding carboxylic acids is 1. The molecule has 0 radical (unpaired) electrons. The number of nitrogens with two attached hydrogens (primary N) is 1. The molecule has 3 heterocycles. The number of aromatic nitrogens is 4. The molecule has 1 aliphatic heterocycles. The highest BCUT2D eigenvalue weighted by atomic mass is 16.6. The number of ether oxygens (including phenoxy) is 2. The van der Waals surface area contributed by atoms with Crippen LogP contribution in [0.1, 0.15) is 45.8 Å². The van der Waals surface area contributed by atoms with Gasteiger partial charge in [-0.25, -0.2) is 15.0 Å². The first-order valence-electron chi connectivity index (χ1n) is 10.0. The van der Waals surface area contributed by atoms with Crippen molar-refractivity contribution in [2.24, 2.45) is 11.8 Å². The minimum absolute atomic E-state index is 0.0841. The van der Waals surface area contributed by atoms with E-state index in [1.807, 2.05) is 0 Å². The summed E-state index contributed by atoms with van der Waals surface area (Å²) in [5, 5.41) is 21.5. The van der Waals surface area contributed by atoms with Crippen molar-refractivity contribution in [1.82, 2.24) is 19.5 Å². The molecule has 1 unspecified atom stereocenters. The lowest BCUT2D eigenvalue weighted by atomic mass is 9.92. The summed E-state index contributed by atoms with van der Waals surface area (Å²) in [5.74, 6) is -0.339. The number of anilines is 1. The van der Waals surface area contributed by atoms with Crippen molar-refractivity contribution in [3.8, 4) is 0 Å². The molecule has 2 aromatic rings. The molecular formula is C19H27N5O5. The number of carbonyl (C=O) groups is 1. The van der Waals surface area contributed by atoms with Crippen LogP contribution in [0.25, 0.3) is 11.2 Å². The summed E-state index contributed by atoms with van der Waals surface area (Å²) in [4.78, 5) is 24.6. The van der Waals surface area contributed by atoms with Crippen LogP contribution in [0.2, 0.25) is 0 Å². The van der Waals surface area contributed by atoms with E-state index in [4.69, 9.17) is 15.2 Å². The van der Waals surface area contributed by atoms with Crippen LogP contribution in [-0.2, 0) is 14.3 Å². The number of nitrogen functional groups attached to an aromatic ring is 1. The number of esters is 1. The highest BCUT2D eigenvalue weighted by Gasteiger charge is 2.51. The summed E-state index contributed by atoms with van der Waals surface area (Å²) >= 11 is 0. The molecule has 4 N–H and O–H groups in total. The first-order chi connectivity index (χ1) is 13.9. The molecule has 4 rings (SSSR count). The maximum Gasteiger partial charge on any atom is 0.308 e. The summed E-state index contributed by atoms with van der Waals surface area (Å²) in [6, 6.07) is 0. The van der Waals surface area contributed by atoms with Crippen molar-refractivity contribution in [3.63, 3.8) is 0 Å². The Balaban J connectivity index is 1.63. The van der Waals surface area contributed by atoms with Crippen LogP contribution in [0.5, 0.6) is 0 Å². The molecule has 2 aromatic heterocycles. The van der Waals surface area contributed by atoms with Gasteiger partial charge in [0, 0.05) is 0 Å². The zero-order valence-electron chi connectivity index (χ0n) is 16.5. The van der Waals surface area contributed by atoms with Crippen LogP contribution in [0.4, 0.5) is 5.82 Å². The van der Waals surface area contributed by atoms with E-state index in [9.17, 15) is 15.0 Å². The monoisotopic (exact) mass is 405 g/mol. The van der Waals surface area contributed by atoms with Crippen LogP contribution in [0, 0.1) is 11.8 Å². The molecule has 158 valence electrons. The van der Waals surface area contributed by atoms with Gasteiger partial charge in [-0.1, -0.05) is 26.7 Å². The van der Waals surface area contributed by atoms with Crippen LogP contribution in [0.15, 0.2) is 12.7 Å². The van der Waals surface area contributed by atoms with Gasteiger partial charge in [0.2, 0.25) is 0 Å². The second kappa shape index (κ2) is 7.85. The maximum absolute atomic E-state index is 12.3. The number of hydrogen-bond donors (Lipinski definition) is 3. The van der Waals surface area contributed by atoms with Gasteiger partial charge < -0.3 is 25.4 Å². The van der Waals surface area contributed by atoms with Crippen LogP contribution in [-0.4, -0.2) is 60.1 Å². The smallest absolute Gasteiger partial charge is 0.308 e. The van der Waals surface area contributed by atoms with E-state index in [0.29, 0.717) is 11.2 Å². The van der Waals surface area contributed by atoms with E-state index < -0.39 is 30.6 Å². The molecular weight excluding hydrogens is 378 g/mol. The van der Waals surface area contributed by atoms with E-state index in [0.717, 1.165) is 25.7 Å². The quantitative estimate of drug-likeness (QED) is 0.614. The van der Waals surface area contributed by atoms with E-state index in [-0.39, 0.29) is 23.6 Å². The summed E-state index contributed by atoms with van der Waals surface area (Å²) in [5.41, 5.74) is 6.62. The Morgan fingerprint density at radius 3 is 2.66 bits per heavy atom. The van der Waals surface area contributed by atoms with Crippen molar-refractivity contribution >= 4 is 23.0 Å². The van der Waals surface area contributed by atoms with Gasteiger partial charge in [0.1, 0.15) is 36.3 Å². The number of rotatable bonds is 5. The summed E-state index contributed by atoms with van der Waals surface area (Å²) in [6.45, 7) is 3.53. The third-order valence-electron chi connectivity index (χ3n) is 5.85. The molecule has 1 saturated heterocycles. The topological polar surface area (TPSA) is 146 Å². The first kappa shape index (κ1) is 20.0. The molecule has 10 nitrogen and oxygen atoms in total. The van der Waals surface area contributed by atoms with Crippen molar-refractivity contribution in [1.29, 1.82) is 0 Å². The van der Waals surface area contributed by atoms with Crippen molar-refractivity contribution in [2.75, 3.05) is 5.73 Å². The Kier molecular flexibility index (Phi) is 5.41. The highest BCUT2D eigenvalue weighted by molar-refractivity contribution is 5.81. The number of fused-ring (bicyclic) bond motifs is 1. The molecule has 1 aliphatic carbocycles. The van der Waals surface area contributed by atoms with Gasteiger partial charge in [-0.05, 0) is 18.8 Å². The van der Waals surface area contributed by atoms with Crippen LogP contribution < -0.4 is 5.73 Å². The van der Waals surface area contributed by atoms with E-state index in [1.165, 1.54) is 17.2 Å². The lowest BCUT2D eigenvalue weighted by molar-refractivity contribution is -0.171. The molecule has 0 spiro atoms. The van der Waals surface area contributed by atoms with Gasteiger partial charge in [-0.3, -0.25) is 9.36 Å². The van der Waals surface area contributed by atoms with Gasteiger partial charge >= 0.3 is 5.97 Å². The van der Waals surface area contributed by atoms with Gasteiger partial charge in [0.25, 0.3) is 0 Å². The molecule has 1 saturated carbocycles. The van der Waals surface area contributed by atoms with E-state index in [2.05, 4.69) is 15.0 Å². The summed E-state index contributed by atoms with van der Waals surface area (Å²) in [6.07, 6.45) is 1.74. The predicted molar refractivity (Wildman–Crippen MR) is 102 cm³/mol. The first-order valence-corrected chi connectivity index (χ1v) is 10.0. The largest absolute Gasteiger partial charge is 0.459 e. The Labute approximate surface area is 168 Å². The van der Waals surface area contributed by atoms with E-state index in [1.54, 1.807) is 13.8 Å². The maximum atomic E-state index is 12.3. The number of nitrogens with zero attached hydrogens (tertiary/aromatic N) is 4. The standard InChI is InChI=1S/C19H27N5O5/c1-9(2)19(27)29-14(10-5-3-4-6-10)15-12(25)13(26)18(28-15)24-8-23-11-16(20)21-7-22-17(11)24/h7-10,12-15,18,25-26H,3-6H2,1-2H3,(H2,20,21,22)/t12-,13+,14?,15-,18+/m0/s1. The summed E-state index contributed by atoms with van der Waals surface area (Å²) < 4.78 is 13.4. The van der Waals surface area contributed by atoms with Gasteiger partial charge in [0.05, 0.1) is 12.2 Å². The fourth-order valence-electron chi connectivity index (χ4n) is 4.23. The molecule has 2 fully saturated rings. The third-order valence-corrected chi connectivity index (χ3v) is 5.85. The Hall–Kier alpha value is -2.30. The number of imidazole rings is 1. The predicted octanol–water partition coefficient (Wildman–Crippen LogP) is 0.786. The average molecular weight is 405 g/mol. The minimum atomic E-state index is -1.24. The second-order valence-corrected chi connectivity index (χ2v) is 8.16. The zero-order valence-corrected chi connectivity index (χ0v) is 16.5. The molecule has 10 heteroatoms. The second-order valence-electron chi connectivity index (χ2n) is 8.16. The SMILES string of the molecule is CC(C)C(=O)OC(C1CCCC1)[C@H]1O[C@@H](n2cnc3c(N)ncnc32)[C@H](O)[C@@H]1O. The molecule has 29 heavy (non-hydrogen) atoms. The number of hydrogen-bond acceptors (Lipinski definition) is 9. The fraction of sp³-hybridized carbons (Fsp3) is 0.684. The molecule has 0 bridgehead atoms. The Morgan fingerprint density at radius 2 is 1.97 bits per heavy atom. The van der Waals surface area contributed by atoms with Gasteiger partial charge in [-0.2, -0.15) is 0 Å². The normalized spacial score (nSPS) is 29.0. The summed E-state index contributed by atoms with van der Waals surface area (Å²) in [7, 11) is 0. The van der Waals surface area contributed by atoms with Crippen molar-refractivity contribution in [2.45, 2.75) is 70.2 Å². The average Bonchev–Trinajstić information content (AvgIpc) is 3.42. The van der Waals surface area contributed by atoms with Crippen LogP contribution >= 0.6 is 0 Å². The molecule has 5 atom stereocenters. The van der Waals surface area contributed by atoms with Gasteiger partial charge in [-0.15, -0.1) is 0 Å². The molecule has 2 aliphatic rings. The fourth-order valence-corrected chi connectivity index (χ4v) is 4.23. The number of aliphatic hydroxyl groups is 2. The third kappa shape index (κ3) is 3.56. The van der Waals surface area contributed by atoms with E-state index >= 15 is 0 Å². The van der Waals surface area contributed by atoms with Crippen molar-refractivity contribution in [3.05, 3.63) is 12.7 Å². The Morgan fingerprint density at radius 1 is 1.24 bits per heavy atom. The molecule has 0 aromatic carbocycles. The van der Waals surface area contributed by atoms with Crippen LogP contribution in [0.3, 0.4) is 0 Å². The lowest BCUT2D eigenvalue weighted by Gasteiger charge is -2.30. The number of aliphatic hydroxyl groups excluding tert-OH is 2. The van der Waals surface area contributed by atoms with Gasteiger partial charge in [0.15, 0.2) is 17.7 Å². The highest BCUT2D eigenvalue weighted by Crippen LogP contribution is 2.39. The lowest BCUT2D eigenvalue weighted by Crippen LogP contribution is -2.45. The zero-order chi connectivity index (χ0) is 20.7. The molecule has 0 amide bonds. The minimum Gasteiger partial charge on any atom is -0.459 e. The van der Waals surface area contributed by atoms with Crippen molar-refractivity contribution < 1.29 is 24.5 Å².